The fourth-order valence-corrected chi connectivity index (χ4v) is 2.56. The predicted octanol–water partition coefficient (Wildman–Crippen LogP) is 6.90. The van der Waals surface area contributed by atoms with Crippen molar-refractivity contribution in [3.05, 3.63) is 23.8 Å². The van der Waals surface area contributed by atoms with Crippen LogP contribution in [0.15, 0.2) is 23.8 Å². The molecule has 0 unspecified atom stereocenters. The Bertz CT molecular complexity index is 358. The minimum atomic E-state index is -1.24. The molecule has 0 rings (SSSR count). The second-order valence-electron chi connectivity index (χ2n) is 6.95. The Morgan fingerprint density at radius 3 is 2.19 bits per heavy atom. The standard InChI is InChI=1S/C20H36Si/c1-6-8-10-11-12-14-17-20(16-13-9-7-2)18-15-19-21(3,4)5/h12,14,18H,6-11,13,16-17H2,1-5H3/b14-12+,20-18+. The van der Waals surface area contributed by atoms with E-state index in [2.05, 4.69) is 63.2 Å². The lowest BCUT2D eigenvalue weighted by atomic mass is 10.0. The van der Waals surface area contributed by atoms with Gasteiger partial charge in [0, 0.05) is 0 Å². The van der Waals surface area contributed by atoms with Crippen LogP contribution in [0.3, 0.4) is 0 Å². The van der Waals surface area contributed by atoms with E-state index in [1.807, 2.05) is 0 Å². The monoisotopic (exact) mass is 304 g/mol. The topological polar surface area (TPSA) is 0 Å². The minimum Gasteiger partial charge on any atom is -0.127 e. The molecule has 0 atom stereocenters. The zero-order valence-electron chi connectivity index (χ0n) is 15.1. The molecule has 0 fully saturated rings. The second-order valence-corrected chi connectivity index (χ2v) is 11.7. The summed E-state index contributed by atoms with van der Waals surface area (Å²) in [4.78, 5) is 0. The lowest BCUT2D eigenvalue weighted by molar-refractivity contribution is 0.706. The largest absolute Gasteiger partial charge is 0.129 e. The Labute approximate surface area is 135 Å². The number of unbranched alkanes of at least 4 members (excludes halogenated alkanes) is 5. The maximum atomic E-state index is 3.45. The maximum absolute atomic E-state index is 3.45. The van der Waals surface area contributed by atoms with E-state index in [-0.39, 0.29) is 0 Å². The molecule has 21 heavy (non-hydrogen) atoms. The summed E-state index contributed by atoms with van der Waals surface area (Å²) in [5.74, 6) is 3.33. The molecule has 0 aliphatic heterocycles. The van der Waals surface area contributed by atoms with Gasteiger partial charge in [0.2, 0.25) is 0 Å². The third-order valence-electron chi connectivity index (χ3n) is 3.35. The highest BCUT2D eigenvalue weighted by Gasteiger charge is 2.06. The summed E-state index contributed by atoms with van der Waals surface area (Å²) in [7, 11) is -1.24. The van der Waals surface area contributed by atoms with Crippen LogP contribution < -0.4 is 0 Å². The van der Waals surface area contributed by atoms with Gasteiger partial charge in [0.25, 0.3) is 0 Å². The van der Waals surface area contributed by atoms with Crippen molar-refractivity contribution in [3.63, 3.8) is 0 Å². The van der Waals surface area contributed by atoms with Gasteiger partial charge < -0.3 is 0 Å². The summed E-state index contributed by atoms with van der Waals surface area (Å²) >= 11 is 0. The SMILES string of the molecule is CCCCC/C=C/C/C(=C/C#C[Si](C)(C)C)CCCCC. The molecular weight excluding hydrogens is 268 g/mol. The van der Waals surface area contributed by atoms with Crippen molar-refractivity contribution in [2.45, 2.75) is 91.3 Å². The Morgan fingerprint density at radius 2 is 1.57 bits per heavy atom. The molecule has 0 N–H and O–H groups in total. The Hall–Kier alpha value is -0.743. The van der Waals surface area contributed by atoms with Crippen molar-refractivity contribution in [2.24, 2.45) is 0 Å². The molecule has 0 aliphatic carbocycles. The third kappa shape index (κ3) is 15.5. The van der Waals surface area contributed by atoms with Gasteiger partial charge in [-0.2, -0.15) is 0 Å². The van der Waals surface area contributed by atoms with Gasteiger partial charge in [0.15, 0.2) is 0 Å². The van der Waals surface area contributed by atoms with Crippen LogP contribution in [0.25, 0.3) is 0 Å². The van der Waals surface area contributed by atoms with E-state index < -0.39 is 8.07 Å². The summed E-state index contributed by atoms with van der Waals surface area (Å²) in [6.07, 6.45) is 18.4. The van der Waals surface area contributed by atoms with E-state index in [0.29, 0.717) is 0 Å². The van der Waals surface area contributed by atoms with E-state index in [4.69, 9.17) is 0 Å². The van der Waals surface area contributed by atoms with Crippen LogP contribution in [-0.2, 0) is 0 Å². The van der Waals surface area contributed by atoms with Crippen molar-refractivity contribution in [1.82, 2.24) is 0 Å². The van der Waals surface area contributed by atoms with E-state index >= 15 is 0 Å². The molecule has 0 heterocycles. The van der Waals surface area contributed by atoms with Gasteiger partial charge in [-0.25, -0.2) is 0 Å². The van der Waals surface area contributed by atoms with E-state index in [9.17, 15) is 0 Å². The first-order valence-corrected chi connectivity index (χ1v) is 12.3. The predicted molar refractivity (Wildman–Crippen MR) is 101 cm³/mol. The lowest BCUT2D eigenvalue weighted by Crippen LogP contribution is -2.16. The minimum absolute atomic E-state index is 1.09. The Morgan fingerprint density at radius 1 is 0.905 bits per heavy atom. The molecule has 0 aromatic heterocycles. The van der Waals surface area contributed by atoms with Crippen LogP contribution in [-0.4, -0.2) is 8.07 Å². The van der Waals surface area contributed by atoms with Gasteiger partial charge in [0.05, 0.1) is 0 Å². The van der Waals surface area contributed by atoms with Crippen molar-refractivity contribution in [3.8, 4) is 11.5 Å². The van der Waals surface area contributed by atoms with E-state index in [1.54, 1.807) is 0 Å². The number of allylic oxidation sites excluding steroid dienone is 4. The second kappa shape index (κ2) is 13.0. The van der Waals surface area contributed by atoms with E-state index in [1.165, 1.54) is 56.9 Å². The fourth-order valence-electron chi connectivity index (χ4n) is 2.05. The fraction of sp³-hybridized carbons (Fsp3) is 0.700. The third-order valence-corrected chi connectivity index (χ3v) is 4.24. The molecule has 1 heteroatoms. The van der Waals surface area contributed by atoms with Crippen LogP contribution in [0.2, 0.25) is 19.6 Å². The number of hydrogen-bond donors (Lipinski definition) is 0. The lowest BCUT2D eigenvalue weighted by Gasteiger charge is -2.04. The highest BCUT2D eigenvalue weighted by Crippen LogP contribution is 2.14. The van der Waals surface area contributed by atoms with Crippen LogP contribution in [0.1, 0.15) is 71.6 Å². The van der Waals surface area contributed by atoms with Crippen LogP contribution in [0.4, 0.5) is 0 Å². The van der Waals surface area contributed by atoms with Gasteiger partial charge in [-0.15, -0.1) is 5.54 Å². The molecule has 0 amide bonds. The average Bonchev–Trinajstić information content (AvgIpc) is 2.41. The molecular formula is C20H36Si. The Kier molecular flexibility index (Phi) is 12.5. The molecule has 0 aromatic rings. The molecule has 0 saturated carbocycles. The van der Waals surface area contributed by atoms with Crippen molar-refractivity contribution in [1.29, 1.82) is 0 Å². The van der Waals surface area contributed by atoms with Gasteiger partial charge in [-0.3, -0.25) is 0 Å². The molecule has 0 spiro atoms. The Balaban J connectivity index is 4.37. The highest BCUT2D eigenvalue weighted by molar-refractivity contribution is 6.83. The zero-order valence-corrected chi connectivity index (χ0v) is 16.1. The molecule has 0 aromatic carbocycles. The summed E-state index contributed by atoms with van der Waals surface area (Å²) in [5, 5.41) is 0. The van der Waals surface area contributed by atoms with Crippen LogP contribution in [0, 0.1) is 11.5 Å². The normalized spacial score (nSPS) is 12.5. The van der Waals surface area contributed by atoms with Crippen molar-refractivity contribution < 1.29 is 0 Å². The smallest absolute Gasteiger partial charge is 0.127 e. The van der Waals surface area contributed by atoms with Crippen LogP contribution >= 0.6 is 0 Å². The maximum Gasteiger partial charge on any atom is 0.129 e. The van der Waals surface area contributed by atoms with Crippen LogP contribution in [0.5, 0.6) is 0 Å². The molecule has 0 bridgehead atoms. The summed E-state index contributed by atoms with van der Waals surface area (Å²) in [6.45, 7) is 11.4. The molecule has 0 radical (unpaired) electrons. The van der Waals surface area contributed by atoms with Gasteiger partial charge in [0.1, 0.15) is 8.07 Å². The number of rotatable bonds is 10. The average molecular weight is 305 g/mol. The summed E-state index contributed by atoms with van der Waals surface area (Å²) < 4.78 is 0. The van der Waals surface area contributed by atoms with Gasteiger partial charge in [-0.05, 0) is 38.2 Å². The molecule has 0 saturated heterocycles. The van der Waals surface area contributed by atoms with Gasteiger partial charge in [-0.1, -0.05) is 82.8 Å². The molecule has 0 nitrogen and oxygen atoms in total. The first-order chi connectivity index (χ1) is 9.99. The number of hydrogen-bond acceptors (Lipinski definition) is 0. The quantitative estimate of drug-likeness (QED) is 0.178. The summed E-state index contributed by atoms with van der Waals surface area (Å²) in [6, 6.07) is 0. The molecule has 120 valence electrons. The van der Waals surface area contributed by atoms with Gasteiger partial charge >= 0.3 is 0 Å². The highest BCUT2D eigenvalue weighted by atomic mass is 28.3. The first-order valence-electron chi connectivity index (χ1n) is 8.85. The zero-order chi connectivity index (χ0) is 16.0. The molecule has 0 aliphatic rings. The van der Waals surface area contributed by atoms with E-state index in [0.717, 1.165) is 6.42 Å². The van der Waals surface area contributed by atoms with Crippen molar-refractivity contribution in [2.75, 3.05) is 0 Å². The first kappa shape index (κ1) is 20.3. The van der Waals surface area contributed by atoms with Crippen molar-refractivity contribution >= 4 is 8.07 Å². The summed E-state index contributed by atoms with van der Waals surface area (Å²) in [5.41, 5.74) is 4.96.